The van der Waals surface area contributed by atoms with Crippen molar-refractivity contribution in [2.45, 2.75) is 90.7 Å². The molecule has 1 aromatic rings. The van der Waals surface area contributed by atoms with E-state index in [1.807, 2.05) is 0 Å². The molecule has 0 saturated carbocycles. The van der Waals surface area contributed by atoms with E-state index in [-0.39, 0.29) is 10.6 Å². The zero-order valence-corrected chi connectivity index (χ0v) is 22.2. The molecule has 2 fully saturated rings. The Bertz CT molecular complexity index is 991. The van der Waals surface area contributed by atoms with E-state index in [1.54, 1.807) is 0 Å². The summed E-state index contributed by atoms with van der Waals surface area (Å²) < 4.78 is 21.1. The number of carbonyl (C=O) groups is 1. The first kappa shape index (κ1) is 34.1. The molecule has 2 aliphatic rings. The lowest BCUT2D eigenvalue weighted by atomic mass is 9.98. The maximum atomic E-state index is 12.4. The fourth-order valence-electron chi connectivity index (χ4n) is 4.17. The number of rotatable bonds is 12. The van der Waals surface area contributed by atoms with Crippen LogP contribution in [0.2, 0.25) is 0 Å². The maximum absolute atomic E-state index is 12.4. The number of aliphatic hydroxyl groups is 11. The van der Waals surface area contributed by atoms with Gasteiger partial charge in [0, 0.05) is 11.1 Å². The minimum absolute atomic E-state index is 0.0939. The Morgan fingerprint density at radius 3 is 2.00 bits per heavy atom. The van der Waals surface area contributed by atoms with Gasteiger partial charge in [0.15, 0.2) is 12.6 Å². The Kier molecular flexibility index (Phi) is 12.3. The van der Waals surface area contributed by atoms with Crippen LogP contribution < -0.4 is 0 Å². The van der Waals surface area contributed by atoms with Crippen molar-refractivity contribution in [3.05, 3.63) is 24.0 Å². The Morgan fingerprint density at radius 1 is 0.854 bits per heavy atom. The van der Waals surface area contributed by atoms with Gasteiger partial charge in [-0.2, -0.15) is 0 Å². The molecule has 11 N–H and O–H groups in total. The molecule has 0 radical (unpaired) electrons. The summed E-state index contributed by atoms with van der Waals surface area (Å²) in [5.41, 5.74) is -0.288. The van der Waals surface area contributed by atoms with E-state index in [0.717, 1.165) is 0 Å². The summed E-state index contributed by atoms with van der Waals surface area (Å²) in [6, 6.07) is 2.88. The van der Waals surface area contributed by atoms with Gasteiger partial charge in [0.1, 0.15) is 78.9 Å². The van der Waals surface area contributed by atoms with Crippen LogP contribution in [0.25, 0.3) is 0 Å². The summed E-state index contributed by atoms with van der Waals surface area (Å²) in [6.07, 6.45) is -24.0. The summed E-state index contributed by atoms with van der Waals surface area (Å²) in [6.45, 7) is -2.22. The first-order valence-corrected chi connectivity index (χ1v) is 12.9. The van der Waals surface area contributed by atoms with E-state index in [0.29, 0.717) is 0 Å². The maximum Gasteiger partial charge on any atom is 0.213 e. The van der Waals surface area contributed by atoms with Crippen LogP contribution >= 0.6 is 12.6 Å². The summed E-state index contributed by atoms with van der Waals surface area (Å²) in [5, 5.41) is 111. The predicted molar refractivity (Wildman–Crippen MR) is 132 cm³/mol. The van der Waals surface area contributed by atoms with E-state index < -0.39 is 111 Å². The molecule has 0 spiro atoms. The number of pyridine rings is 1. The minimum Gasteiger partial charge on any atom is -0.394 e. The topological polar surface area (TPSA) is 289 Å². The molecule has 14 atom stereocenters. The zero-order valence-electron chi connectivity index (χ0n) is 21.3. The normalized spacial score (nSPS) is 37.3. The van der Waals surface area contributed by atoms with Crippen LogP contribution in [0, 0.1) is 0 Å². The smallest absolute Gasteiger partial charge is 0.213 e. The molecule has 17 nitrogen and oxygen atoms in total. The first-order chi connectivity index (χ1) is 19.3. The third-order valence-electron chi connectivity index (χ3n) is 6.73. The molecule has 3 heterocycles. The van der Waals surface area contributed by atoms with Crippen molar-refractivity contribution in [1.29, 1.82) is 0 Å². The van der Waals surface area contributed by atoms with Crippen molar-refractivity contribution >= 4 is 18.4 Å². The minimum atomic E-state index is -2.21. The molecule has 0 bridgehead atoms. The van der Waals surface area contributed by atoms with Crippen molar-refractivity contribution in [2.75, 3.05) is 19.8 Å². The number of aromatic nitrogens is 1. The van der Waals surface area contributed by atoms with Crippen molar-refractivity contribution in [1.82, 2.24) is 4.98 Å². The van der Waals surface area contributed by atoms with Gasteiger partial charge in [-0.25, -0.2) is 0 Å². The van der Waals surface area contributed by atoms with Gasteiger partial charge in [0.25, 0.3) is 0 Å². The highest BCUT2D eigenvalue weighted by atomic mass is 32.1. The standard InChI is InChI=1S/C23H35NO16S/c25-4-8-13(28)17(32)20(35)23(39-8)38-6-9-14(29)18(33)21(36)22(40-9)37-5-7(26)12(27)16(31)19(34)15(30)11-10(41)2-1-3-24-11/h1-3,7-9,12-14,16-23,25-29,31-36,41H,4-6H2/t7-,8-,9-,12-,13-,14-,16+,17+,18+,19+,20-,21-,22+,23+/m1/s1. The van der Waals surface area contributed by atoms with Crippen LogP contribution in [-0.2, 0) is 18.9 Å². The number of aliphatic hydroxyl groups excluding tert-OH is 11. The number of carbonyl (C=O) groups excluding carboxylic acids is 1. The van der Waals surface area contributed by atoms with E-state index in [9.17, 15) is 61.0 Å². The van der Waals surface area contributed by atoms with Crippen LogP contribution in [0.1, 0.15) is 10.5 Å². The number of thiol groups is 1. The van der Waals surface area contributed by atoms with Gasteiger partial charge in [0.05, 0.1) is 19.8 Å². The molecule has 18 heteroatoms. The highest BCUT2D eigenvalue weighted by molar-refractivity contribution is 7.80. The summed E-state index contributed by atoms with van der Waals surface area (Å²) in [4.78, 5) is 16.3. The second-order valence-electron chi connectivity index (χ2n) is 9.61. The van der Waals surface area contributed by atoms with Crippen LogP contribution in [0.3, 0.4) is 0 Å². The van der Waals surface area contributed by atoms with Gasteiger partial charge < -0.3 is 75.1 Å². The molecule has 0 aromatic carbocycles. The predicted octanol–water partition coefficient (Wildman–Crippen LogP) is -6.36. The molecule has 41 heavy (non-hydrogen) atoms. The van der Waals surface area contributed by atoms with E-state index in [2.05, 4.69) is 17.6 Å². The highest BCUT2D eigenvalue weighted by Gasteiger charge is 2.48. The SMILES string of the molecule is O=C(c1ncccc1S)[C@H](O)[C@@H](O)[C@H](O)[C@H](O)CO[C@H]1O[C@H](CO[C@H]2O[C@H](CO)[C@@H](O)[C@H](O)[C@H]2O)[C@@H](O)[C@H](O)[C@H]1O. The van der Waals surface area contributed by atoms with Crippen LogP contribution in [0.4, 0.5) is 0 Å². The third-order valence-corrected chi connectivity index (χ3v) is 7.09. The first-order valence-electron chi connectivity index (χ1n) is 12.4. The second kappa shape index (κ2) is 14.8. The average molecular weight is 614 g/mol. The molecule has 0 aliphatic carbocycles. The fourth-order valence-corrected chi connectivity index (χ4v) is 4.43. The Labute approximate surface area is 238 Å². The molecular formula is C23H35NO16S. The highest BCUT2D eigenvalue weighted by Crippen LogP contribution is 2.26. The van der Waals surface area contributed by atoms with Crippen molar-refractivity contribution in [2.24, 2.45) is 0 Å². The zero-order chi connectivity index (χ0) is 30.6. The lowest BCUT2D eigenvalue weighted by molar-refractivity contribution is -0.333. The molecule has 2 aliphatic heterocycles. The molecule has 234 valence electrons. The molecule has 3 rings (SSSR count). The largest absolute Gasteiger partial charge is 0.394 e. The quantitative estimate of drug-likeness (QED) is 0.0771. The lowest BCUT2D eigenvalue weighted by Crippen LogP contribution is -2.62. The van der Waals surface area contributed by atoms with Gasteiger partial charge in [0.2, 0.25) is 5.78 Å². The van der Waals surface area contributed by atoms with Gasteiger partial charge in [-0.05, 0) is 12.1 Å². The number of nitrogens with zero attached hydrogens (tertiary/aromatic N) is 1. The van der Waals surface area contributed by atoms with E-state index in [1.165, 1.54) is 18.3 Å². The van der Waals surface area contributed by atoms with Crippen LogP contribution in [0.5, 0.6) is 0 Å². The van der Waals surface area contributed by atoms with Gasteiger partial charge in [-0.3, -0.25) is 9.78 Å². The van der Waals surface area contributed by atoms with Crippen LogP contribution in [0.15, 0.2) is 23.2 Å². The van der Waals surface area contributed by atoms with Gasteiger partial charge >= 0.3 is 0 Å². The average Bonchev–Trinajstić information content (AvgIpc) is 2.97. The number of hydrogen-bond acceptors (Lipinski definition) is 18. The third kappa shape index (κ3) is 7.75. The van der Waals surface area contributed by atoms with Crippen molar-refractivity contribution in [3.63, 3.8) is 0 Å². The lowest BCUT2D eigenvalue weighted by Gasteiger charge is -2.42. The Hall–Kier alpha value is -1.43. The molecular weight excluding hydrogens is 578 g/mol. The summed E-state index contributed by atoms with van der Waals surface area (Å²) >= 11 is 4.04. The molecule has 1 aromatic heterocycles. The second-order valence-corrected chi connectivity index (χ2v) is 10.1. The molecule has 0 unspecified atom stereocenters. The van der Waals surface area contributed by atoms with Gasteiger partial charge in [-0.1, -0.05) is 0 Å². The van der Waals surface area contributed by atoms with Gasteiger partial charge in [-0.15, -0.1) is 12.6 Å². The number of ether oxygens (including phenoxy) is 4. The van der Waals surface area contributed by atoms with Crippen LogP contribution in [-0.4, -0.2) is 173 Å². The number of Topliss-reactive ketones (excluding diaryl/α,β-unsaturated/α-hetero) is 1. The Balaban J connectivity index is 1.56. The number of ketones is 1. The monoisotopic (exact) mass is 613 g/mol. The van der Waals surface area contributed by atoms with E-state index in [4.69, 9.17) is 18.9 Å². The molecule has 2 saturated heterocycles. The van der Waals surface area contributed by atoms with Crippen molar-refractivity contribution in [3.8, 4) is 0 Å². The summed E-state index contributed by atoms with van der Waals surface area (Å²) in [5.74, 6) is -1.08. The Morgan fingerprint density at radius 2 is 1.41 bits per heavy atom. The number of hydrogen-bond donors (Lipinski definition) is 12. The van der Waals surface area contributed by atoms with Crippen molar-refractivity contribution < 1.29 is 79.9 Å². The summed E-state index contributed by atoms with van der Waals surface area (Å²) in [7, 11) is 0. The molecule has 0 amide bonds. The van der Waals surface area contributed by atoms with E-state index >= 15 is 0 Å². The fraction of sp³-hybridized carbons (Fsp3) is 0.739.